The molecule has 0 aromatic heterocycles. The highest BCUT2D eigenvalue weighted by molar-refractivity contribution is 7.89. The first-order valence-electron chi connectivity index (χ1n) is 8.83. The van der Waals surface area contributed by atoms with Crippen LogP contribution in [0.3, 0.4) is 0 Å². The molecule has 7 heteroatoms. The van der Waals surface area contributed by atoms with Crippen LogP contribution in [0.5, 0.6) is 5.75 Å². The molecule has 1 saturated heterocycles. The van der Waals surface area contributed by atoms with Crippen molar-refractivity contribution < 1.29 is 17.9 Å². The van der Waals surface area contributed by atoms with Crippen molar-refractivity contribution in [1.82, 2.24) is 9.21 Å². The van der Waals surface area contributed by atoms with Gasteiger partial charge in [0.1, 0.15) is 5.75 Å². The van der Waals surface area contributed by atoms with Gasteiger partial charge < -0.3 is 9.64 Å². The van der Waals surface area contributed by atoms with Gasteiger partial charge in [0.25, 0.3) is 5.91 Å². The number of hydrogen-bond acceptors (Lipinski definition) is 4. The quantitative estimate of drug-likeness (QED) is 0.807. The molecule has 144 valence electrons. The first-order chi connectivity index (χ1) is 12.8. The van der Waals surface area contributed by atoms with Gasteiger partial charge >= 0.3 is 0 Å². The molecule has 2 aromatic rings. The minimum Gasteiger partial charge on any atom is -0.497 e. The van der Waals surface area contributed by atoms with E-state index < -0.39 is 10.0 Å². The SMILES string of the molecule is COc1ccc(S(=O)(=O)N2CCN(C(=O)c3cccc(C)c3)CC2)c(C)c1. The minimum atomic E-state index is -3.60. The summed E-state index contributed by atoms with van der Waals surface area (Å²) in [6.45, 7) is 5.02. The number of hydrogen-bond donors (Lipinski definition) is 0. The van der Waals surface area contributed by atoms with Gasteiger partial charge in [0, 0.05) is 31.7 Å². The number of carbonyl (C=O) groups is 1. The maximum absolute atomic E-state index is 13.0. The van der Waals surface area contributed by atoms with Crippen LogP contribution in [0.2, 0.25) is 0 Å². The number of ether oxygens (including phenoxy) is 1. The van der Waals surface area contributed by atoms with Gasteiger partial charge in [-0.3, -0.25) is 4.79 Å². The third-order valence-corrected chi connectivity index (χ3v) is 6.85. The van der Waals surface area contributed by atoms with Gasteiger partial charge in [-0.1, -0.05) is 17.7 Å². The number of nitrogens with zero attached hydrogens (tertiary/aromatic N) is 2. The summed E-state index contributed by atoms with van der Waals surface area (Å²) in [5.74, 6) is 0.566. The average molecular weight is 388 g/mol. The number of rotatable bonds is 4. The molecule has 0 atom stereocenters. The van der Waals surface area contributed by atoms with E-state index in [9.17, 15) is 13.2 Å². The second-order valence-electron chi connectivity index (χ2n) is 6.70. The Balaban J connectivity index is 1.72. The number of benzene rings is 2. The Bertz CT molecular complexity index is 948. The van der Waals surface area contributed by atoms with Crippen molar-refractivity contribution in [3.63, 3.8) is 0 Å². The molecule has 2 aromatic carbocycles. The molecule has 3 rings (SSSR count). The van der Waals surface area contributed by atoms with E-state index in [4.69, 9.17) is 4.74 Å². The molecule has 0 bridgehead atoms. The molecule has 1 fully saturated rings. The molecule has 1 heterocycles. The van der Waals surface area contributed by atoms with Crippen LogP contribution < -0.4 is 4.74 Å². The largest absolute Gasteiger partial charge is 0.497 e. The van der Waals surface area contributed by atoms with Gasteiger partial charge in [-0.05, 0) is 49.7 Å². The zero-order valence-electron chi connectivity index (χ0n) is 15.8. The van der Waals surface area contributed by atoms with Crippen molar-refractivity contribution in [2.75, 3.05) is 33.3 Å². The van der Waals surface area contributed by atoms with Gasteiger partial charge in [0.05, 0.1) is 12.0 Å². The Labute approximate surface area is 160 Å². The zero-order valence-corrected chi connectivity index (χ0v) is 16.6. The first-order valence-corrected chi connectivity index (χ1v) is 10.3. The number of methoxy groups -OCH3 is 1. The Hall–Kier alpha value is -2.38. The average Bonchev–Trinajstić information content (AvgIpc) is 2.67. The summed E-state index contributed by atoms with van der Waals surface area (Å²) in [5, 5.41) is 0. The smallest absolute Gasteiger partial charge is 0.253 e. The van der Waals surface area contributed by atoms with Crippen LogP contribution in [-0.2, 0) is 10.0 Å². The summed E-state index contributed by atoms with van der Waals surface area (Å²) in [6.07, 6.45) is 0. The van der Waals surface area contributed by atoms with Gasteiger partial charge in [0.2, 0.25) is 10.0 Å². The summed E-state index contributed by atoms with van der Waals surface area (Å²) in [7, 11) is -2.05. The Morgan fingerprint density at radius 2 is 1.70 bits per heavy atom. The van der Waals surface area contributed by atoms with Crippen molar-refractivity contribution >= 4 is 15.9 Å². The molecular weight excluding hydrogens is 364 g/mol. The molecule has 1 aliphatic heterocycles. The lowest BCUT2D eigenvalue weighted by Gasteiger charge is -2.34. The Morgan fingerprint density at radius 1 is 1.00 bits per heavy atom. The van der Waals surface area contributed by atoms with E-state index in [1.54, 1.807) is 43.2 Å². The van der Waals surface area contributed by atoms with Gasteiger partial charge in [-0.2, -0.15) is 4.31 Å². The molecule has 0 spiro atoms. The van der Waals surface area contributed by atoms with Crippen LogP contribution in [0.15, 0.2) is 47.4 Å². The number of carbonyl (C=O) groups excluding carboxylic acids is 1. The maximum atomic E-state index is 13.0. The predicted molar refractivity (Wildman–Crippen MR) is 104 cm³/mol. The van der Waals surface area contributed by atoms with E-state index in [2.05, 4.69) is 0 Å². The molecule has 0 N–H and O–H groups in total. The lowest BCUT2D eigenvalue weighted by Crippen LogP contribution is -2.50. The summed E-state index contributed by atoms with van der Waals surface area (Å²) in [6, 6.07) is 12.4. The monoisotopic (exact) mass is 388 g/mol. The number of piperazine rings is 1. The van der Waals surface area contributed by atoms with Crippen molar-refractivity contribution in [2.24, 2.45) is 0 Å². The van der Waals surface area contributed by atoms with Crippen LogP contribution in [0.1, 0.15) is 21.5 Å². The molecular formula is C20H24N2O4S. The van der Waals surface area contributed by atoms with E-state index in [1.165, 1.54) is 4.31 Å². The normalized spacial score (nSPS) is 15.6. The van der Waals surface area contributed by atoms with Crippen LogP contribution in [-0.4, -0.2) is 56.8 Å². The molecule has 0 aliphatic carbocycles. The van der Waals surface area contributed by atoms with Crippen LogP contribution in [0.4, 0.5) is 0 Å². The minimum absolute atomic E-state index is 0.0589. The van der Waals surface area contributed by atoms with E-state index in [1.807, 2.05) is 25.1 Å². The second-order valence-corrected chi connectivity index (χ2v) is 8.60. The molecule has 27 heavy (non-hydrogen) atoms. The fourth-order valence-corrected chi connectivity index (χ4v) is 4.90. The fraction of sp³-hybridized carbons (Fsp3) is 0.350. The van der Waals surface area contributed by atoms with E-state index in [0.717, 1.165) is 5.56 Å². The highest BCUT2D eigenvalue weighted by Crippen LogP contribution is 2.25. The number of sulfonamides is 1. The fourth-order valence-electron chi connectivity index (χ4n) is 3.27. The first kappa shape index (κ1) is 19.4. The van der Waals surface area contributed by atoms with Crippen molar-refractivity contribution in [3.05, 3.63) is 59.2 Å². The van der Waals surface area contributed by atoms with Gasteiger partial charge in [-0.25, -0.2) is 8.42 Å². The third kappa shape index (κ3) is 3.99. The van der Waals surface area contributed by atoms with E-state index >= 15 is 0 Å². The Kier molecular flexibility index (Phi) is 5.53. The summed E-state index contributed by atoms with van der Waals surface area (Å²) >= 11 is 0. The second kappa shape index (κ2) is 7.70. The van der Waals surface area contributed by atoms with E-state index in [0.29, 0.717) is 30.0 Å². The summed E-state index contributed by atoms with van der Waals surface area (Å²) < 4.78 is 32.6. The van der Waals surface area contributed by atoms with Crippen LogP contribution >= 0.6 is 0 Å². The lowest BCUT2D eigenvalue weighted by molar-refractivity contribution is 0.0697. The molecule has 0 radical (unpaired) electrons. The topological polar surface area (TPSA) is 66.9 Å². The van der Waals surface area contributed by atoms with Gasteiger partial charge in [-0.15, -0.1) is 0 Å². The molecule has 6 nitrogen and oxygen atoms in total. The molecule has 1 amide bonds. The standard InChI is InChI=1S/C20H24N2O4S/c1-15-5-4-6-17(13-15)20(23)21-9-11-22(12-10-21)27(24,25)19-8-7-18(26-3)14-16(19)2/h4-8,13-14H,9-12H2,1-3H3. The Morgan fingerprint density at radius 3 is 2.30 bits per heavy atom. The van der Waals surface area contributed by atoms with Crippen molar-refractivity contribution in [2.45, 2.75) is 18.7 Å². The van der Waals surface area contributed by atoms with Crippen molar-refractivity contribution in [3.8, 4) is 5.75 Å². The summed E-state index contributed by atoms with van der Waals surface area (Å²) in [4.78, 5) is 14.6. The highest BCUT2D eigenvalue weighted by atomic mass is 32.2. The summed E-state index contributed by atoms with van der Waals surface area (Å²) in [5.41, 5.74) is 2.31. The zero-order chi connectivity index (χ0) is 19.6. The molecule has 0 saturated carbocycles. The molecule has 1 aliphatic rings. The van der Waals surface area contributed by atoms with E-state index in [-0.39, 0.29) is 23.9 Å². The number of amides is 1. The molecule has 0 unspecified atom stereocenters. The van der Waals surface area contributed by atoms with Crippen LogP contribution in [0.25, 0.3) is 0 Å². The van der Waals surface area contributed by atoms with Crippen LogP contribution in [0, 0.1) is 13.8 Å². The predicted octanol–water partition coefficient (Wildman–Crippen LogP) is 2.46. The van der Waals surface area contributed by atoms with Crippen molar-refractivity contribution in [1.29, 1.82) is 0 Å². The third-order valence-electron chi connectivity index (χ3n) is 4.79. The lowest BCUT2D eigenvalue weighted by atomic mass is 10.1. The number of aryl methyl sites for hydroxylation is 2. The maximum Gasteiger partial charge on any atom is 0.253 e. The highest BCUT2D eigenvalue weighted by Gasteiger charge is 2.31. The van der Waals surface area contributed by atoms with Gasteiger partial charge in [0.15, 0.2) is 0 Å².